The molecule has 0 aliphatic heterocycles. The van der Waals surface area contributed by atoms with Crippen LogP contribution in [0.15, 0.2) is 35.4 Å². The largest absolute Gasteiger partial charge is 0.392 e. The number of nitrogens with zero attached hydrogens (tertiary/aromatic N) is 1. The number of pyridine rings is 1. The van der Waals surface area contributed by atoms with Crippen LogP contribution < -0.4 is 4.72 Å². The quantitative estimate of drug-likeness (QED) is 0.898. The summed E-state index contributed by atoms with van der Waals surface area (Å²) in [5, 5.41) is 10.0. The minimum absolute atomic E-state index is 0.0489. The molecule has 1 heterocycles. The number of hydrogen-bond donors (Lipinski definition) is 2. The third-order valence-corrected chi connectivity index (χ3v) is 4.33. The molecule has 0 aliphatic rings. The van der Waals surface area contributed by atoms with Crippen LogP contribution in [-0.4, -0.2) is 31.2 Å². The maximum Gasteiger partial charge on any atom is 0.241 e. The number of aromatic nitrogens is 1. The van der Waals surface area contributed by atoms with Crippen molar-refractivity contribution in [3.05, 3.63) is 35.5 Å². The van der Waals surface area contributed by atoms with Gasteiger partial charge in [0.1, 0.15) is 0 Å². The first-order valence-electron chi connectivity index (χ1n) is 5.63. The van der Waals surface area contributed by atoms with Crippen LogP contribution in [0.25, 0.3) is 10.9 Å². The first kappa shape index (κ1) is 14.2. The normalized spacial score (nSPS) is 13.6. The number of rotatable bonds is 4. The Hall–Kier alpha value is -1.21. The SMILES string of the molecule is CC(O)CNS(=O)(=O)c1ccc(Cl)c2ncccc12. The third-order valence-electron chi connectivity index (χ3n) is 2.54. The molecule has 0 saturated carbocycles. The highest BCUT2D eigenvalue weighted by atomic mass is 35.5. The highest BCUT2D eigenvalue weighted by Crippen LogP contribution is 2.27. The highest BCUT2D eigenvalue weighted by molar-refractivity contribution is 7.89. The number of fused-ring (bicyclic) bond motifs is 1. The predicted octanol–water partition coefficient (Wildman–Crippen LogP) is 1.55. The summed E-state index contributed by atoms with van der Waals surface area (Å²) in [6.07, 6.45) is 0.792. The van der Waals surface area contributed by atoms with Crippen molar-refractivity contribution in [1.29, 1.82) is 0 Å². The van der Waals surface area contributed by atoms with Gasteiger partial charge < -0.3 is 5.11 Å². The monoisotopic (exact) mass is 300 g/mol. The Morgan fingerprint density at radius 3 is 2.84 bits per heavy atom. The fourth-order valence-corrected chi connectivity index (χ4v) is 3.19. The Labute approximate surface area is 116 Å². The lowest BCUT2D eigenvalue weighted by Gasteiger charge is -2.11. The molecule has 0 fully saturated rings. The Morgan fingerprint density at radius 1 is 1.42 bits per heavy atom. The Kier molecular flexibility index (Phi) is 4.05. The minimum atomic E-state index is -3.71. The van der Waals surface area contributed by atoms with Crippen molar-refractivity contribution in [2.45, 2.75) is 17.9 Å². The van der Waals surface area contributed by atoms with Gasteiger partial charge in [-0.2, -0.15) is 0 Å². The van der Waals surface area contributed by atoms with E-state index < -0.39 is 16.1 Å². The molecule has 1 unspecified atom stereocenters. The molecule has 1 aromatic carbocycles. The fourth-order valence-electron chi connectivity index (χ4n) is 1.65. The van der Waals surface area contributed by atoms with Crippen molar-refractivity contribution in [2.75, 3.05) is 6.54 Å². The molecular weight excluding hydrogens is 288 g/mol. The summed E-state index contributed by atoms with van der Waals surface area (Å²) in [6, 6.07) is 6.21. The molecule has 1 aromatic heterocycles. The maximum atomic E-state index is 12.2. The van der Waals surface area contributed by atoms with E-state index in [0.29, 0.717) is 15.9 Å². The molecule has 0 saturated heterocycles. The van der Waals surface area contributed by atoms with Crippen molar-refractivity contribution in [2.24, 2.45) is 0 Å². The van der Waals surface area contributed by atoms with Crippen molar-refractivity contribution in [3.63, 3.8) is 0 Å². The highest BCUT2D eigenvalue weighted by Gasteiger charge is 2.19. The summed E-state index contributed by atoms with van der Waals surface area (Å²) in [4.78, 5) is 4.17. The number of aliphatic hydroxyl groups is 1. The summed E-state index contributed by atoms with van der Waals surface area (Å²) < 4.78 is 26.7. The van der Waals surface area contributed by atoms with E-state index >= 15 is 0 Å². The number of nitrogens with one attached hydrogen (secondary N) is 1. The predicted molar refractivity (Wildman–Crippen MR) is 73.6 cm³/mol. The van der Waals surface area contributed by atoms with Gasteiger partial charge in [0, 0.05) is 18.1 Å². The lowest BCUT2D eigenvalue weighted by atomic mass is 10.2. The second-order valence-electron chi connectivity index (χ2n) is 4.15. The number of sulfonamides is 1. The molecule has 1 atom stereocenters. The van der Waals surface area contributed by atoms with Crippen molar-refractivity contribution < 1.29 is 13.5 Å². The number of halogens is 1. The van der Waals surface area contributed by atoms with Crippen LogP contribution in [0, 0.1) is 0 Å². The van der Waals surface area contributed by atoms with E-state index in [1.807, 2.05) is 0 Å². The summed E-state index contributed by atoms with van der Waals surface area (Å²) >= 11 is 5.99. The first-order chi connectivity index (χ1) is 8.92. The molecule has 0 radical (unpaired) electrons. The molecule has 0 aliphatic carbocycles. The van der Waals surface area contributed by atoms with Crippen LogP contribution in [0.1, 0.15) is 6.92 Å². The van der Waals surface area contributed by atoms with Crippen LogP contribution in [0.4, 0.5) is 0 Å². The summed E-state index contributed by atoms with van der Waals surface area (Å²) in [5.41, 5.74) is 0.434. The summed E-state index contributed by atoms with van der Waals surface area (Å²) in [6.45, 7) is 1.46. The van der Waals surface area contributed by atoms with Crippen LogP contribution >= 0.6 is 11.6 Å². The van der Waals surface area contributed by atoms with Gasteiger partial charge >= 0.3 is 0 Å². The van der Waals surface area contributed by atoms with Gasteiger partial charge in [-0.05, 0) is 31.2 Å². The lowest BCUT2D eigenvalue weighted by Crippen LogP contribution is -2.30. The van der Waals surface area contributed by atoms with Gasteiger partial charge in [-0.3, -0.25) is 4.98 Å². The van der Waals surface area contributed by atoms with E-state index in [2.05, 4.69) is 9.71 Å². The topological polar surface area (TPSA) is 79.3 Å². The molecule has 2 N–H and O–H groups in total. The standard InChI is InChI=1S/C12H13ClN2O3S/c1-8(16)7-15-19(17,18)11-5-4-10(13)12-9(11)3-2-6-14-12/h2-6,8,15-16H,7H2,1H3. The second kappa shape index (κ2) is 5.42. The Morgan fingerprint density at radius 2 is 2.16 bits per heavy atom. The molecule has 0 bridgehead atoms. The lowest BCUT2D eigenvalue weighted by molar-refractivity contribution is 0.198. The zero-order valence-electron chi connectivity index (χ0n) is 10.2. The van der Waals surface area contributed by atoms with Crippen LogP contribution in [0.2, 0.25) is 5.02 Å². The molecule has 7 heteroatoms. The van der Waals surface area contributed by atoms with E-state index in [1.54, 1.807) is 18.3 Å². The van der Waals surface area contributed by atoms with Gasteiger partial charge in [-0.1, -0.05) is 11.6 Å². The van der Waals surface area contributed by atoms with Crippen molar-refractivity contribution in [1.82, 2.24) is 9.71 Å². The number of benzene rings is 1. The van der Waals surface area contributed by atoms with Gasteiger partial charge in [0.15, 0.2) is 0 Å². The Bertz CT molecular complexity index is 701. The van der Waals surface area contributed by atoms with E-state index in [1.165, 1.54) is 19.1 Å². The van der Waals surface area contributed by atoms with E-state index in [9.17, 15) is 8.42 Å². The number of hydrogen-bond acceptors (Lipinski definition) is 4. The van der Waals surface area contributed by atoms with E-state index in [4.69, 9.17) is 16.7 Å². The zero-order chi connectivity index (χ0) is 14.0. The van der Waals surface area contributed by atoms with Gasteiger partial charge in [-0.25, -0.2) is 13.1 Å². The second-order valence-corrected chi connectivity index (χ2v) is 6.29. The number of aliphatic hydroxyl groups excluding tert-OH is 1. The van der Waals surface area contributed by atoms with Gasteiger partial charge in [0.25, 0.3) is 0 Å². The maximum absolute atomic E-state index is 12.2. The average molecular weight is 301 g/mol. The summed E-state index contributed by atoms with van der Waals surface area (Å²) in [7, 11) is -3.71. The zero-order valence-corrected chi connectivity index (χ0v) is 11.7. The third kappa shape index (κ3) is 3.03. The van der Waals surface area contributed by atoms with Crippen LogP contribution in [0.3, 0.4) is 0 Å². The van der Waals surface area contributed by atoms with Gasteiger partial charge in [0.2, 0.25) is 10.0 Å². The smallest absolute Gasteiger partial charge is 0.241 e. The van der Waals surface area contributed by atoms with Crippen molar-refractivity contribution >= 4 is 32.5 Å². The van der Waals surface area contributed by atoms with E-state index in [-0.39, 0.29) is 11.4 Å². The summed E-state index contributed by atoms with van der Waals surface area (Å²) in [5.74, 6) is 0. The molecule has 102 valence electrons. The molecule has 2 aromatic rings. The van der Waals surface area contributed by atoms with Crippen molar-refractivity contribution in [3.8, 4) is 0 Å². The molecule has 5 nitrogen and oxygen atoms in total. The molecule has 0 spiro atoms. The molecular formula is C12H13ClN2O3S. The Balaban J connectivity index is 2.54. The first-order valence-corrected chi connectivity index (χ1v) is 7.49. The molecule has 2 rings (SSSR count). The van der Waals surface area contributed by atoms with E-state index in [0.717, 1.165) is 0 Å². The van der Waals surface area contributed by atoms with Crippen LogP contribution in [0.5, 0.6) is 0 Å². The fraction of sp³-hybridized carbons (Fsp3) is 0.250. The molecule has 0 amide bonds. The van der Waals surface area contributed by atoms with Gasteiger partial charge in [0.05, 0.1) is 21.5 Å². The van der Waals surface area contributed by atoms with Gasteiger partial charge in [-0.15, -0.1) is 0 Å². The minimum Gasteiger partial charge on any atom is -0.392 e. The average Bonchev–Trinajstić information content (AvgIpc) is 2.37. The molecule has 19 heavy (non-hydrogen) atoms. The van der Waals surface area contributed by atoms with Crippen LogP contribution in [-0.2, 0) is 10.0 Å².